The van der Waals surface area contributed by atoms with E-state index < -0.39 is 0 Å². The van der Waals surface area contributed by atoms with Crippen molar-refractivity contribution in [3.8, 4) is 0 Å². The van der Waals surface area contributed by atoms with Crippen LogP contribution in [0, 0.1) is 6.92 Å². The number of rotatable bonds is 3. The molecular formula is C19H29NO. The van der Waals surface area contributed by atoms with Gasteiger partial charge < -0.3 is 10.1 Å². The molecule has 2 atom stereocenters. The van der Waals surface area contributed by atoms with E-state index >= 15 is 0 Å². The van der Waals surface area contributed by atoms with Crippen LogP contribution in [-0.2, 0) is 4.74 Å². The molecule has 3 rings (SSSR count). The fraction of sp³-hybridized carbons (Fsp3) is 0.684. The zero-order valence-electron chi connectivity index (χ0n) is 13.5. The highest BCUT2D eigenvalue weighted by Gasteiger charge is 2.38. The monoisotopic (exact) mass is 287 g/mol. The molecule has 0 radical (unpaired) electrons. The standard InChI is InChI=1S/C19H29NO/c1-15-7-6-8-17(13-15)16(2)20-18-9-12-21-19(14-18)10-4-3-5-11-19/h6-8,13,16,18,20H,3-5,9-12,14H2,1-2H3/t16-,18?/m0/s1. The van der Waals surface area contributed by atoms with Gasteiger partial charge in [0.05, 0.1) is 5.60 Å². The van der Waals surface area contributed by atoms with E-state index in [4.69, 9.17) is 4.74 Å². The van der Waals surface area contributed by atoms with Crippen molar-refractivity contribution in [2.45, 2.75) is 76.5 Å². The van der Waals surface area contributed by atoms with Crippen molar-refractivity contribution in [1.29, 1.82) is 0 Å². The van der Waals surface area contributed by atoms with Gasteiger partial charge in [-0.15, -0.1) is 0 Å². The third-order valence-electron chi connectivity index (χ3n) is 5.29. The van der Waals surface area contributed by atoms with Crippen LogP contribution in [0.1, 0.15) is 69.0 Å². The number of hydrogen-bond donors (Lipinski definition) is 1. The summed E-state index contributed by atoms with van der Waals surface area (Å²) >= 11 is 0. The first-order chi connectivity index (χ1) is 10.2. The molecule has 116 valence electrons. The first-order valence-electron chi connectivity index (χ1n) is 8.63. The van der Waals surface area contributed by atoms with Crippen LogP contribution in [0.4, 0.5) is 0 Å². The molecule has 1 N–H and O–H groups in total. The molecule has 1 aromatic carbocycles. The van der Waals surface area contributed by atoms with Crippen LogP contribution < -0.4 is 5.32 Å². The van der Waals surface area contributed by atoms with Gasteiger partial charge in [-0.2, -0.15) is 0 Å². The molecule has 0 amide bonds. The minimum absolute atomic E-state index is 0.195. The SMILES string of the molecule is Cc1cccc([C@H](C)NC2CCOC3(CCCCC3)C2)c1. The molecule has 21 heavy (non-hydrogen) atoms. The lowest BCUT2D eigenvalue weighted by Gasteiger charge is -2.44. The fourth-order valence-corrected chi connectivity index (χ4v) is 4.10. The highest BCUT2D eigenvalue weighted by molar-refractivity contribution is 5.24. The summed E-state index contributed by atoms with van der Waals surface area (Å²) in [6, 6.07) is 9.89. The van der Waals surface area contributed by atoms with Crippen LogP contribution >= 0.6 is 0 Å². The molecule has 0 aromatic heterocycles. The third-order valence-corrected chi connectivity index (χ3v) is 5.29. The Kier molecular flexibility index (Phi) is 4.66. The lowest BCUT2D eigenvalue weighted by atomic mass is 9.78. The van der Waals surface area contributed by atoms with Gasteiger partial charge in [0.25, 0.3) is 0 Å². The Hall–Kier alpha value is -0.860. The average Bonchev–Trinajstić information content (AvgIpc) is 2.48. The molecule has 2 fully saturated rings. The molecule has 2 nitrogen and oxygen atoms in total. The van der Waals surface area contributed by atoms with Gasteiger partial charge in [0.15, 0.2) is 0 Å². The van der Waals surface area contributed by atoms with Crippen LogP contribution in [0.2, 0.25) is 0 Å². The molecule has 1 spiro atoms. The van der Waals surface area contributed by atoms with E-state index in [1.54, 1.807) is 0 Å². The molecule has 2 aliphatic rings. The molecule has 0 bridgehead atoms. The highest BCUT2D eigenvalue weighted by Crippen LogP contribution is 2.39. The summed E-state index contributed by atoms with van der Waals surface area (Å²) in [5, 5.41) is 3.85. The second kappa shape index (κ2) is 6.50. The van der Waals surface area contributed by atoms with Crippen LogP contribution in [0.25, 0.3) is 0 Å². The van der Waals surface area contributed by atoms with Gasteiger partial charge in [-0.1, -0.05) is 49.1 Å². The summed E-state index contributed by atoms with van der Waals surface area (Å²) in [4.78, 5) is 0. The maximum atomic E-state index is 6.20. The highest BCUT2D eigenvalue weighted by atomic mass is 16.5. The molecule has 1 aliphatic heterocycles. The maximum Gasteiger partial charge on any atom is 0.0697 e. The number of ether oxygens (including phenoxy) is 1. The van der Waals surface area contributed by atoms with Gasteiger partial charge in [-0.3, -0.25) is 0 Å². The summed E-state index contributed by atoms with van der Waals surface area (Å²) in [7, 11) is 0. The van der Waals surface area contributed by atoms with Gasteiger partial charge in [0, 0.05) is 18.7 Å². The van der Waals surface area contributed by atoms with Crippen molar-refractivity contribution in [3.63, 3.8) is 0 Å². The fourth-order valence-electron chi connectivity index (χ4n) is 4.10. The Morgan fingerprint density at radius 3 is 2.81 bits per heavy atom. The maximum absolute atomic E-state index is 6.20. The topological polar surface area (TPSA) is 21.3 Å². The van der Waals surface area contributed by atoms with Crippen molar-refractivity contribution in [2.75, 3.05) is 6.61 Å². The van der Waals surface area contributed by atoms with Gasteiger partial charge in [-0.05, 0) is 45.1 Å². The largest absolute Gasteiger partial charge is 0.375 e. The number of nitrogens with one attached hydrogen (secondary N) is 1. The van der Waals surface area contributed by atoms with E-state index in [9.17, 15) is 0 Å². The molecular weight excluding hydrogens is 258 g/mol. The van der Waals surface area contributed by atoms with E-state index in [1.165, 1.54) is 49.7 Å². The van der Waals surface area contributed by atoms with Crippen molar-refractivity contribution < 1.29 is 4.74 Å². The predicted octanol–water partition coefficient (Wildman–Crippen LogP) is 4.53. The van der Waals surface area contributed by atoms with Crippen molar-refractivity contribution in [3.05, 3.63) is 35.4 Å². The van der Waals surface area contributed by atoms with Crippen molar-refractivity contribution in [1.82, 2.24) is 5.32 Å². The number of benzene rings is 1. The first kappa shape index (κ1) is 15.1. The lowest BCUT2D eigenvalue weighted by Crippen LogP contribution is -2.48. The summed E-state index contributed by atoms with van der Waals surface area (Å²) < 4.78 is 6.20. The van der Waals surface area contributed by atoms with Gasteiger partial charge >= 0.3 is 0 Å². The zero-order chi connectivity index (χ0) is 14.7. The molecule has 1 heterocycles. The normalized spacial score (nSPS) is 26.7. The zero-order valence-corrected chi connectivity index (χ0v) is 13.5. The van der Waals surface area contributed by atoms with E-state index in [0.717, 1.165) is 13.0 Å². The number of hydrogen-bond acceptors (Lipinski definition) is 2. The van der Waals surface area contributed by atoms with Crippen LogP contribution in [-0.4, -0.2) is 18.2 Å². The summed E-state index contributed by atoms with van der Waals surface area (Å²) in [6.07, 6.45) is 8.97. The van der Waals surface area contributed by atoms with Crippen LogP contribution in [0.15, 0.2) is 24.3 Å². The summed E-state index contributed by atoms with van der Waals surface area (Å²) in [5.74, 6) is 0. The van der Waals surface area contributed by atoms with Crippen LogP contribution in [0.3, 0.4) is 0 Å². The lowest BCUT2D eigenvalue weighted by molar-refractivity contribution is -0.110. The Balaban J connectivity index is 1.61. The molecule has 2 heteroatoms. The van der Waals surface area contributed by atoms with Crippen LogP contribution in [0.5, 0.6) is 0 Å². The van der Waals surface area contributed by atoms with Crippen molar-refractivity contribution in [2.24, 2.45) is 0 Å². The minimum Gasteiger partial charge on any atom is -0.375 e. The minimum atomic E-state index is 0.195. The number of aryl methyl sites for hydroxylation is 1. The van der Waals surface area contributed by atoms with E-state index in [1.807, 2.05) is 0 Å². The Morgan fingerprint density at radius 1 is 1.24 bits per heavy atom. The summed E-state index contributed by atoms with van der Waals surface area (Å²) in [6.45, 7) is 5.39. The summed E-state index contributed by atoms with van der Waals surface area (Å²) in [5.41, 5.74) is 2.94. The molecule has 1 saturated carbocycles. The second-order valence-corrected chi connectivity index (χ2v) is 7.08. The first-order valence-corrected chi connectivity index (χ1v) is 8.63. The Labute approximate surface area is 129 Å². The quantitative estimate of drug-likeness (QED) is 0.882. The van der Waals surface area contributed by atoms with Gasteiger partial charge in [-0.25, -0.2) is 0 Å². The predicted molar refractivity (Wildman–Crippen MR) is 87.5 cm³/mol. The average molecular weight is 287 g/mol. The second-order valence-electron chi connectivity index (χ2n) is 7.08. The van der Waals surface area contributed by atoms with E-state index in [2.05, 4.69) is 43.4 Å². The van der Waals surface area contributed by atoms with Gasteiger partial charge in [0.1, 0.15) is 0 Å². The van der Waals surface area contributed by atoms with E-state index in [0.29, 0.717) is 12.1 Å². The van der Waals surface area contributed by atoms with E-state index in [-0.39, 0.29) is 5.60 Å². The molecule has 1 aromatic rings. The molecule has 1 saturated heterocycles. The molecule has 1 aliphatic carbocycles. The third kappa shape index (κ3) is 3.67. The van der Waals surface area contributed by atoms with Gasteiger partial charge in [0.2, 0.25) is 0 Å². The Morgan fingerprint density at radius 2 is 2.05 bits per heavy atom. The smallest absolute Gasteiger partial charge is 0.0697 e. The van der Waals surface area contributed by atoms with Crippen molar-refractivity contribution >= 4 is 0 Å². The Bertz CT molecular complexity index is 459. The molecule has 1 unspecified atom stereocenters.